The highest BCUT2D eigenvalue weighted by atomic mass is 35.5. The van der Waals surface area contributed by atoms with Crippen molar-refractivity contribution >= 4 is 17.6 Å². The predicted molar refractivity (Wildman–Crippen MR) is 170 cm³/mol. The molecule has 1 saturated heterocycles. The molecule has 0 amide bonds. The molecule has 0 bridgehead atoms. The topological polar surface area (TPSA) is 77.5 Å². The second kappa shape index (κ2) is 13.6. The van der Waals surface area contributed by atoms with Crippen LogP contribution in [-0.2, 0) is 24.6 Å². The number of aliphatic carboxylic acids is 1. The number of benzene rings is 4. The zero-order chi connectivity index (χ0) is 30.5. The molecule has 7 nitrogen and oxygen atoms in total. The molecule has 0 unspecified atom stereocenters. The normalized spacial score (nSPS) is 16.4. The van der Waals surface area contributed by atoms with Gasteiger partial charge in [0.15, 0.2) is 11.5 Å². The molecule has 8 heteroatoms. The van der Waals surface area contributed by atoms with Crippen molar-refractivity contribution in [3.63, 3.8) is 0 Å². The van der Waals surface area contributed by atoms with Gasteiger partial charge in [0.25, 0.3) is 0 Å². The molecule has 4 aromatic rings. The van der Waals surface area contributed by atoms with Crippen LogP contribution >= 0.6 is 11.6 Å². The number of hydrogen-bond acceptors (Lipinski definition) is 6. The van der Waals surface area contributed by atoms with E-state index in [1.807, 2.05) is 77.7 Å². The fourth-order valence-corrected chi connectivity index (χ4v) is 6.12. The van der Waals surface area contributed by atoms with Crippen LogP contribution in [0.5, 0.6) is 23.0 Å². The molecule has 0 spiro atoms. The Morgan fingerprint density at radius 2 is 1.68 bits per heavy atom. The van der Waals surface area contributed by atoms with Crippen molar-refractivity contribution in [3.8, 4) is 34.1 Å². The van der Waals surface area contributed by atoms with Gasteiger partial charge < -0.3 is 24.1 Å². The smallest absolute Gasteiger partial charge is 0.320 e. The van der Waals surface area contributed by atoms with Crippen LogP contribution in [0.3, 0.4) is 0 Å². The Bertz CT molecular complexity index is 1620. The summed E-state index contributed by atoms with van der Waals surface area (Å²) in [5.41, 5.74) is 6.13. The Labute approximate surface area is 262 Å². The lowest BCUT2D eigenvalue weighted by Crippen LogP contribution is -2.44. The van der Waals surface area contributed by atoms with Gasteiger partial charge in [0.1, 0.15) is 44.0 Å². The van der Waals surface area contributed by atoms with Gasteiger partial charge in [0.05, 0.1) is 5.02 Å². The van der Waals surface area contributed by atoms with Crippen molar-refractivity contribution in [2.75, 3.05) is 19.8 Å². The summed E-state index contributed by atoms with van der Waals surface area (Å²) in [7, 11) is 0. The average Bonchev–Trinajstić information content (AvgIpc) is 3.05. The number of nitrogens with zero attached hydrogens (tertiary/aromatic N) is 1. The fraction of sp³-hybridized carbons (Fsp3) is 0.306. The van der Waals surface area contributed by atoms with Crippen LogP contribution in [0.25, 0.3) is 11.1 Å². The number of likely N-dealkylation sites (tertiary alicyclic amines) is 1. The molecule has 4 aromatic carbocycles. The van der Waals surface area contributed by atoms with Crippen LogP contribution in [0.1, 0.15) is 41.5 Å². The molecule has 44 heavy (non-hydrogen) atoms. The third-order valence-electron chi connectivity index (χ3n) is 8.31. The highest BCUT2D eigenvalue weighted by Crippen LogP contribution is 2.38. The van der Waals surface area contributed by atoms with Gasteiger partial charge >= 0.3 is 5.97 Å². The van der Waals surface area contributed by atoms with E-state index in [1.54, 1.807) is 0 Å². The maximum absolute atomic E-state index is 12.0. The number of carboxylic acid groups (broad SMARTS) is 1. The number of carboxylic acids is 1. The highest BCUT2D eigenvalue weighted by molar-refractivity contribution is 6.32. The van der Waals surface area contributed by atoms with E-state index in [4.69, 9.17) is 30.5 Å². The first-order valence-corrected chi connectivity index (χ1v) is 15.4. The molecule has 2 heterocycles. The van der Waals surface area contributed by atoms with Gasteiger partial charge in [-0.05, 0) is 72.3 Å². The summed E-state index contributed by atoms with van der Waals surface area (Å²) in [5, 5.41) is 10.3. The Morgan fingerprint density at radius 1 is 0.886 bits per heavy atom. The van der Waals surface area contributed by atoms with Gasteiger partial charge in [-0.25, -0.2) is 0 Å². The van der Waals surface area contributed by atoms with Gasteiger partial charge in [0.2, 0.25) is 0 Å². The summed E-state index contributed by atoms with van der Waals surface area (Å²) in [6, 6.07) is 25.3. The van der Waals surface area contributed by atoms with E-state index in [0.29, 0.717) is 62.5 Å². The van der Waals surface area contributed by atoms with E-state index in [-0.39, 0.29) is 0 Å². The molecule has 1 atom stereocenters. The number of fused-ring (bicyclic) bond motifs is 1. The predicted octanol–water partition coefficient (Wildman–Crippen LogP) is 7.68. The first kappa shape index (κ1) is 29.9. The number of hydrogen-bond donors (Lipinski definition) is 1. The van der Waals surface area contributed by atoms with E-state index >= 15 is 0 Å². The molecule has 2 aliphatic rings. The molecule has 0 aromatic heterocycles. The van der Waals surface area contributed by atoms with Crippen LogP contribution in [0.4, 0.5) is 0 Å². The van der Waals surface area contributed by atoms with E-state index in [1.165, 1.54) is 0 Å². The quantitative estimate of drug-likeness (QED) is 0.196. The highest BCUT2D eigenvalue weighted by Gasteiger charge is 2.29. The molecule has 0 aliphatic carbocycles. The Kier molecular flexibility index (Phi) is 9.24. The minimum Gasteiger partial charge on any atom is -0.488 e. The molecule has 0 saturated carbocycles. The van der Waals surface area contributed by atoms with Crippen molar-refractivity contribution < 1.29 is 28.8 Å². The number of ether oxygens (including phenoxy) is 4. The number of halogens is 1. The Morgan fingerprint density at radius 3 is 2.50 bits per heavy atom. The van der Waals surface area contributed by atoms with Gasteiger partial charge in [0, 0.05) is 18.2 Å². The van der Waals surface area contributed by atoms with Crippen molar-refractivity contribution in [1.29, 1.82) is 0 Å². The van der Waals surface area contributed by atoms with Gasteiger partial charge in [-0.2, -0.15) is 0 Å². The summed E-state index contributed by atoms with van der Waals surface area (Å²) in [5.74, 6) is 1.86. The minimum absolute atomic E-state index is 0.314. The minimum atomic E-state index is -0.795. The second-order valence-corrected chi connectivity index (χ2v) is 11.6. The molecular formula is C36H36ClNO6. The standard InChI is InChI=1S/C36H36ClNO6/c1-24-27(10-7-11-29(24)26-13-14-32-35(19-26)42-17-16-41-32)23-44-34-20-33(43-22-25-8-3-2-4-9-25)28(18-30(34)37)21-38-15-6-5-12-31(38)36(39)40/h2-4,7-11,13-14,18-20,31H,5-6,12,15-17,21-23H2,1H3,(H,39,40)/t31-/m0/s1. The molecule has 1 N–H and O–H groups in total. The molecule has 6 rings (SSSR count). The van der Waals surface area contributed by atoms with Gasteiger partial charge in [-0.15, -0.1) is 0 Å². The zero-order valence-electron chi connectivity index (χ0n) is 24.8. The molecule has 228 valence electrons. The second-order valence-electron chi connectivity index (χ2n) is 11.2. The third kappa shape index (κ3) is 6.79. The van der Waals surface area contributed by atoms with Crippen molar-refractivity contribution in [3.05, 3.63) is 106 Å². The van der Waals surface area contributed by atoms with Crippen molar-refractivity contribution in [2.45, 2.75) is 52.0 Å². The molecule has 1 fully saturated rings. The monoisotopic (exact) mass is 613 g/mol. The average molecular weight is 614 g/mol. The molecular weight excluding hydrogens is 578 g/mol. The largest absolute Gasteiger partial charge is 0.488 e. The van der Waals surface area contributed by atoms with E-state index in [0.717, 1.165) is 57.7 Å². The van der Waals surface area contributed by atoms with Crippen LogP contribution in [0.15, 0.2) is 78.9 Å². The zero-order valence-corrected chi connectivity index (χ0v) is 25.5. The summed E-state index contributed by atoms with van der Waals surface area (Å²) in [6.45, 7) is 5.01. The van der Waals surface area contributed by atoms with Crippen LogP contribution in [0, 0.1) is 6.92 Å². The van der Waals surface area contributed by atoms with Crippen LogP contribution < -0.4 is 18.9 Å². The number of rotatable bonds is 10. The summed E-state index contributed by atoms with van der Waals surface area (Å²) in [6.07, 6.45) is 2.51. The summed E-state index contributed by atoms with van der Waals surface area (Å²) in [4.78, 5) is 14.0. The maximum Gasteiger partial charge on any atom is 0.320 e. The first-order valence-electron chi connectivity index (χ1n) is 15.0. The third-order valence-corrected chi connectivity index (χ3v) is 8.60. The Hall–Kier alpha value is -4.20. The number of carbonyl (C=O) groups is 1. The van der Waals surface area contributed by atoms with E-state index in [9.17, 15) is 9.90 Å². The lowest BCUT2D eigenvalue weighted by molar-refractivity contribution is -0.144. The van der Waals surface area contributed by atoms with Crippen LogP contribution in [-0.4, -0.2) is 41.8 Å². The lowest BCUT2D eigenvalue weighted by atomic mass is 9.96. The Balaban J connectivity index is 1.24. The molecule has 0 radical (unpaired) electrons. The van der Waals surface area contributed by atoms with Crippen molar-refractivity contribution in [2.24, 2.45) is 0 Å². The van der Waals surface area contributed by atoms with Crippen LogP contribution in [0.2, 0.25) is 5.02 Å². The van der Waals surface area contributed by atoms with Gasteiger partial charge in [-0.1, -0.05) is 72.6 Å². The van der Waals surface area contributed by atoms with E-state index < -0.39 is 12.0 Å². The summed E-state index contributed by atoms with van der Waals surface area (Å²) < 4.78 is 24.1. The lowest BCUT2D eigenvalue weighted by Gasteiger charge is -2.33. The summed E-state index contributed by atoms with van der Waals surface area (Å²) >= 11 is 6.79. The number of piperidine rings is 1. The van der Waals surface area contributed by atoms with E-state index in [2.05, 4.69) is 13.0 Å². The molecule has 2 aliphatic heterocycles. The SMILES string of the molecule is Cc1c(COc2cc(OCc3ccccc3)c(CN3CCCC[C@H]3C(=O)O)cc2Cl)cccc1-c1ccc2c(c1)OCCO2. The van der Waals surface area contributed by atoms with Gasteiger partial charge in [-0.3, -0.25) is 9.69 Å². The van der Waals surface area contributed by atoms with Crippen molar-refractivity contribution in [1.82, 2.24) is 4.90 Å². The first-order chi connectivity index (χ1) is 21.5. The maximum atomic E-state index is 12.0. The fourth-order valence-electron chi connectivity index (χ4n) is 5.88.